The van der Waals surface area contributed by atoms with Gasteiger partial charge in [-0.15, -0.1) is 11.3 Å². The van der Waals surface area contributed by atoms with Gasteiger partial charge in [0, 0.05) is 5.56 Å². The first-order chi connectivity index (χ1) is 14.9. The van der Waals surface area contributed by atoms with Crippen molar-refractivity contribution in [2.75, 3.05) is 11.8 Å². The first-order valence-electron chi connectivity index (χ1n) is 9.82. The largest absolute Gasteiger partial charge is 0.497 e. The summed E-state index contributed by atoms with van der Waals surface area (Å²) in [5.41, 5.74) is 4.38. The number of nitrogens with one attached hydrogen (secondary N) is 1. The van der Waals surface area contributed by atoms with E-state index in [0.717, 1.165) is 51.4 Å². The van der Waals surface area contributed by atoms with Crippen molar-refractivity contribution in [2.24, 2.45) is 0 Å². The molecule has 0 atom stereocenters. The van der Waals surface area contributed by atoms with E-state index in [1.807, 2.05) is 24.3 Å². The smallest absolute Gasteiger partial charge is 0.261 e. The van der Waals surface area contributed by atoms with Crippen LogP contribution in [0.3, 0.4) is 0 Å². The van der Waals surface area contributed by atoms with Gasteiger partial charge in [0.2, 0.25) is 0 Å². The van der Waals surface area contributed by atoms with Crippen molar-refractivity contribution in [2.45, 2.75) is 24.2 Å². The van der Waals surface area contributed by atoms with Crippen LogP contribution in [0.1, 0.15) is 17.5 Å². The second-order valence-electron chi connectivity index (χ2n) is 7.44. The zero-order valence-corrected chi connectivity index (χ0v) is 19.1. The molecule has 0 spiro atoms. The van der Waals surface area contributed by atoms with E-state index in [1.165, 1.54) is 16.9 Å². The molecule has 4 aromatic rings. The first kappa shape index (κ1) is 20.3. The van der Waals surface area contributed by atoms with Crippen LogP contribution < -0.4 is 9.46 Å². The Morgan fingerprint density at radius 3 is 2.68 bits per heavy atom. The van der Waals surface area contributed by atoms with E-state index in [0.29, 0.717) is 10.7 Å². The summed E-state index contributed by atoms with van der Waals surface area (Å²) in [5, 5.41) is 1.20. The fraction of sp³-hybridized carbons (Fsp3) is 0.174. The lowest BCUT2D eigenvalue weighted by Gasteiger charge is -2.11. The molecular formula is C23H19ClN2O3S2. The average Bonchev–Trinajstić information content (AvgIpc) is 3.39. The van der Waals surface area contributed by atoms with Crippen molar-refractivity contribution in [1.82, 2.24) is 4.98 Å². The molecular weight excluding hydrogens is 452 g/mol. The lowest BCUT2D eigenvalue weighted by molar-refractivity contribution is 0.415. The monoisotopic (exact) mass is 470 g/mol. The SMILES string of the molecule is COc1ccc2nc(-c3ccc(NS(=O)(=O)c4ccc5c(c4)CCC5)cc3Cl)sc2c1. The number of nitrogens with zero attached hydrogens (tertiary/aromatic N) is 1. The van der Waals surface area contributed by atoms with Gasteiger partial charge in [0.25, 0.3) is 10.0 Å². The van der Waals surface area contributed by atoms with E-state index in [-0.39, 0.29) is 4.90 Å². The summed E-state index contributed by atoms with van der Waals surface area (Å²) in [6, 6.07) is 16.2. The Hall–Kier alpha value is -2.61. The molecule has 158 valence electrons. The molecule has 0 bridgehead atoms. The number of ether oxygens (including phenoxy) is 1. The van der Waals surface area contributed by atoms with Crippen LogP contribution in [0.25, 0.3) is 20.8 Å². The molecule has 31 heavy (non-hydrogen) atoms. The van der Waals surface area contributed by atoms with Crippen molar-refractivity contribution in [3.63, 3.8) is 0 Å². The number of hydrogen-bond acceptors (Lipinski definition) is 5. The molecule has 1 heterocycles. The number of anilines is 1. The molecule has 0 fully saturated rings. The topological polar surface area (TPSA) is 68.3 Å². The summed E-state index contributed by atoms with van der Waals surface area (Å²) < 4.78 is 34.6. The van der Waals surface area contributed by atoms with Crippen molar-refractivity contribution in [3.8, 4) is 16.3 Å². The highest BCUT2D eigenvalue weighted by Crippen LogP contribution is 2.37. The molecule has 1 N–H and O–H groups in total. The molecule has 5 rings (SSSR count). The molecule has 0 amide bonds. The van der Waals surface area contributed by atoms with E-state index < -0.39 is 10.0 Å². The predicted molar refractivity (Wildman–Crippen MR) is 126 cm³/mol. The molecule has 5 nitrogen and oxygen atoms in total. The molecule has 1 aliphatic rings. The maximum atomic E-state index is 12.9. The lowest BCUT2D eigenvalue weighted by atomic mass is 10.1. The average molecular weight is 471 g/mol. The van der Waals surface area contributed by atoms with E-state index in [1.54, 1.807) is 37.4 Å². The number of aryl methyl sites for hydroxylation is 2. The highest BCUT2D eigenvalue weighted by molar-refractivity contribution is 7.92. The number of thiazole rings is 1. The second kappa shape index (κ2) is 7.82. The van der Waals surface area contributed by atoms with Crippen LogP contribution in [0.15, 0.2) is 59.5 Å². The van der Waals surface area contributed by atoms with Gasteiger partial charge in [0.1, 0.15) is 10.8 Å². The van der Waals surface area contributed by atoms with Gasteiger partial charge in [0.15, 0.2) is 0 Å². The highest BCUT2D eigenvalue weighted by Gasteiger charge is 2.19. The predicted octanol–water partition coefficient (Wildman–Crippen LogP) is 5.91. The molecule has 0 aliphatic heterocycles. The lowest BCUT2D eigenvalue weighted by Crippen LogP contribution is -2.13. The molecule has 3 aromatic carbocycles. The molecule has 0 saturated heterocycles. The zero-order valence-electron chi connectivity index (χ0n) is 16.7. The number of benzene rings is 3. The number of methoxy groups -OCH3 is 1. The van der Waals surface area contributed by atoms with Gasteiger partial charge in [-0.25, -0.2) is 13.4 Å². The first-order valence-corrected chi connectivity index (χ1v) is 12.5. The van der Waals surface area contributed by atoms with Crippen LogP contribution >= 0.6 is 22.9 Å². The molecule has 8 heteroatoms. The van der Waals surface area contributed by atoms with E-state index >= 15 is 0 Å². The second-order valence-corrected chi connectivity index (χ2v) is 10.6. The van der Waals surface area contributed by atoms with Gasteiger partial charge in [0.05, 0.1) is 32.9 Å². The standard InChI is InChI=1S/C23H19ClN2O3S2/c1-29-17-7-10-21-22(13-17)30-23(25-21)19-9-6-16(12-20(19)24)26-31(27,28)18-8-5-14-3-2-4-15(14)11-18/h5-13,26H,2-4H2,1H3. The maximum Gasteiger partial charge on any atom is 0.261 e. The Morgan fingerprint density at radius 1 is 1.03 bits per heavy atom. The number of hydrogen-bond donors (Lipinski definition) is 1. The number of sulfonamides is 1. The Labute approximate surface area is 189 Å². The third kappa shape index (κ3) is 3.89. The minimum Gasteiger partial charge on any atom is -0.497 e. The fourth-order valence-electron chi connectivity index (χ4n) is 3.83. The Kier molecular flexibility index (Phi) is 5.12. The Morgan fingerprint density at radius 2 is 1.87 bits per heavy atom. The highest BCUT2D eigenvalue weighted by atomic mass is 35.5. The molecule has 1 aromatic heterocycles. The summed E-state index contributed by atoms with van der Waals surface area (Å²) in [5.74, 6) is 0.769. The Bertz CT molecular complexity index is 1410. The zero-order chi connectivity index (χ0) is 21.6. The summed E-state index contributed by atoms with van der Waals surface area (Å²) in [4.78, 5) is 4.92. The summed E-state index contributed by atoms with van der Waals surface area (Å²) in [7, 11) is -2.07. The third-order valence-electron chi connectivity index (χ3n) is 5.43. The quantitative estimate of drug-likeness (QED) is 0.393. The van der Waals surface area contributed by atoms with Crippen LogP contribution in [0.5, 0.6) is 5.75 Å². The minimum atomic E-state index is -3.69. The molecule has 0 unspecified atom stereocenters. The van der Waals surface area contributed by atoms with Crippen molar-refractivity contribution >= 4 is 48.9 Å². The molecule has 0 saturated carbocycles. The van der Waals surface area contributed by atoms with Gasteiger partial charge < -0.3 is 4.74 Å². The van der Waals surface area contributed by atoms with E-state index in [9.17, 15) is 8.42 Å². The van der Waals surface area contributed by atoms with Gasteiger partial charge in [-0.05, 0) is 78.9 Å². The molecule has 0 radical (unpaired) electrons. The number of rotatable bonds is 5. The van der Waals surface area contributed by atoms with Gasteiger partial charge in [-0.3, -0.25) is 4.72 Å². The Balaban J connectivity index is 1.43. The van der Waals surface area contributed by atoms with Crippen molar-refractivity contribution < 1.29 is 13.2 Å². The number of halogens is 1. The summed E-state index contributed by atoms with van der Waals surface area (Å²) in [6.07, 6.45) is 3.01. The normalized spacial score (nSPS) is 13.4. The summed E-state index contributed by atoms with van der Waals surface area (Å²) in [6.45, 7) is 0. The van der Waals surface area contributed by atoms with E-state index in [4.69, 9.17) is 16.3 Å². The number of fused-ring (bicyclic) bond motifs is 2. The third-order valence-corrected chi connectivity index (χ3v) is 8.17. The van der Waals surface area contributed by atoms with Gasteiger partial charge >= 0.3 is 0 Å². The van der Waals surface area contributed by atoms with Crippen LogP contribution in [0.4, 0.5) is 5.69 Å². The van der Waals surface area contributed by atoms with Crippen LogP contribution in [0, 0.1) is 0 Å². The molecule has 1 aliphatic carbocycles. The van der Waals surface area contributed by atoms with Crippen LogP contribution in [0.2, 0.25) is 5.02 Å². The van der Waals surface area contributed by atoms with Gasteiger partial charge in [-0.2, -0.15) is 0 Å². The summed E-state index contributed by atoms with van der Waals surface area (Å²) >= 11 is 8.02. The van der Waals surface area contributed by atoms with E-state index in [2.05, 4.69) is 9.71 Å². The maximum absolute atomic E-state index is 12.9. The van der Waals surface area contributed by atoms with Crippen molar-refractivity contribution in [3.05, 3.63) is 70.7 Å². The van der Waals surface area contributed by atoms with Crippen molar-refractivity contribution in [1.29, 1.82) is 0 Å². The van der Waals surface area contributed by atoms with Crippen LogP contribution in [-0.2, 0) is 22.9 Å². The van der Waals surface area contributed by atoms with Crippen LogP contribution in [-0.4, -0.2) is 20.5 Å². The minimum absolute atomic E-state index is 0.272. The van der Waals surface area contributed by atoms with Gasteiger partial charge in [-0.1, -0.05) is 17.7 Å². The fourth-order valence-corrected chi connectivity index (χ4v) is 6.29. The number of aromatic nitrogens is 1.